The van der Waals surface area contributed by atoms with Crippen molar-refractivity contribution in [1.29, 1.82) is 0 Å². The summed E-state index contributed by atoms with van der Waals surface area (Å²) in [6.45, 7) is 1.09. The van der Waals surface area contributed by atoms with Crippen molar-refractivity contribution >= 4 is 29.2 Å². The lowest BCUT2D eigenvalue weighted by atomic mass is 9.96. The minimum absolute atomic E-state index is 0.0366. The van der Waals surface area contributed by atoms with Crippen molar-refractivity contribution < 1.29 is 9.59 Å². The third kappa shape index (κ3) is 5.27. The van der Waals surface area contributed by atoms with E-state index in [1.165, 1.54) is 6.20 Å². The Morgan fingerprint density at radius 1 is 1.37 bits per heavy atom. The van der Waals surface area contributed by atoms with Crippen molar-refractivity contribution in [2.75, 3.05) is 18.4 Å². The molecule has 2 amide bonds. The number of hydrogen-bond donors (Lipinski definition) is 1. The van der Waals surface area contributed by atoms with Crippen LogP contribution < -0.4 is 5.32 Å². The number of nitrogens with zero attached hydrogens (tertiary/aromatic N) is 4. The highest BCUT2D eigenvalue weighted by molar-refractivity contribution is 6.30. The summed E-state index contributed by atoms with van der Waals surface area (Å²) in [6, 6.07) is 3.33. The van der Waals surface area contributed by atoms with Crippen LogP contribution in [0.5, 0.6) is 0 Å². The maximum Gasteiger partial charge on any atom is 0.230 e. The third-order valence-electron chi connectivity index (χ3n) is 4.92. The van der Waals surface area contributed by atoms with Crippen LogP contribution in [0.25, 0.3) is 0 Å². The molecule has 1 saturated heterocycles. The summed E-state index contributed by atoms with van der Waals surface area (Å²) >= 11 is 5.80. The Kier molecular flexibility index (Phi) is 6.07. The number of terminal acetylenes is 1. The number of carbonyl (C=O) groups is 2. The van der Waals surface area contributed by atoms with Gasteiger partial charge in [0.1, 0.15) is 5.82 Å². The van der Waals surface area contributed by atoms with E-state index in [-0.39, 0.29) is 17.7 Å². The third-order valence-corrected chi connectivity index (χ3v) is 5.14. The summed E-state index contributed by atoms with van der Waals surface area (Å²) in [6.07, 6.45) is 10.6. The molecule has 0 aliphatic carbocycles. The zero-order chi connectivity index (χ0) is 19.3. The van der Waals surface area contributed by atoms with E-state index in [1.54, 1.807) is 17.0 Å². The minimum atomic E-state index is -0.450. The Morgan fingerprint density at radius 2 is 2.19 bits per heavy atom. The fourth-order valence-corrected chi connectivity index (χ4v) is 3.34. The first-order valence-electron chi connectivity index (χ1n) is 9.09. The summed E-state index contributed by atoms with van der Waals surface area (Å²) in [5.74, 6) is 2.71. The minimum Gasteiger partial charge on any atom is -0.342 e. The highest BCUT2D eigenvalue weighted by Gasteiger charge is 2.40. The molecule has 7 nitrogen and oxygen atoms in total. The van der Waals surface area contributed by atoms with E-state index in [1.807, 2.05) is 0 Å². The highest BCUT2D eigenvalue weighted by Crippen LogP contribution is 2.37. The second kappa shape index (κ2) is 8.49. The van der Waals surface area contributed by atoms with Gasteiger partial charge in [0.05, 0.1) is 10.9 Å². The Hall–Kier alpha value is -2.46. The smallest absolute Gasteiger partial charge is 0.230 e. The first kappa shape index (κ1) is 19.3. The number of halogens is 1. The quantitative estimate of drug-likeness (QED) is 0.728. The van der Waals surface area contributed by atoms with Crippen molar-refractivity contribution in [2.45, 2.75) is 44.2 Å². The summed E-state index contributed by atoms with van der Waals surface area (Å²) in [7, 11) is 0. The molecule has 0 aromatic carbocycles. The van der Waals surface area contributed by atoms with Gasteiger partial charge >= 0.3 is 0 Å². The zero-order valence-electron chi connectivity index (χ0n) is 15.0. The molecular weight excluding hydrogens is 366 g/mol. The molecule has 142 valence electrons. The average Bonchev–Trinajstić information content (AvgIpc) is 3.46. The van der Waals surface area contributed by atoms with Gasteiger partial charge in [-0.2, -0.15) is 10.2 Å². The van der Waals surface area contributed by atoms with Gasteiger partial charge in [-0.1, -0.05) is 11.6 Å². The molecule has 0 bridgehead atoms. The predicted octanol–water partition coefficient (Wildman–Crippen LogP) is 3.27. The van der Waals surface area contributed by atoms with Crippen LogP contribution in [-0.2, 0) is 9.59 Å². The van der Waals surface area contributed by atoms with Gasteiger partial charge < -0.3 is 10.2 Å². The summed E-state index contributed by atoms with van der Waals surface area (Å²) in [5.41, 5.74) is -0.450. The van der Waals surface area contributed by atoms with E-state index in [9.17, 15) is 9.59 Å². The molecule has 1 atom stereocenters. The molecule has 0 radical (unpaired) electrons. The van der Waals surface area contributed by atoms with Gasteiger partial charge in [-0.25, -0.2) is 4.98 Å². The number of piperidine rings is 1. The molecule has 3 heterocycles. The number of likely N-dealkylation sites (tertiary alicyclic amines) is 1. The van der Waals surface area contributed by atoms with E-state index < -0.39 is 5.66 Å². The molecule has 1 aromatic heterocycles. The fraction of sp³-hybridized carbons (Fsp3) is 0.526. The number of aromatic nitrogens is 1. The highest BCUT2D eigenvalue weighted by atomic mass is 35.5. The lowest BCUT2D eigenvalue weighted by Crippen LogP contribution is -2.44. The Morgan fingerprint density at radius 3 is 2.85 bits per heavy atom. The normalized spacial score (nSPS) is 20.0. The van der Waals surface area contributed by atoms with Gasteiger partial charge in [-0.3, -0.25) is 9.59 Å². The lowest BCUT2D eigenvalue weighted by Gasteiger charge is -2.32. The van der Waals surface area contributed by atoms with Gasteiger partial charge in [0.2, 0.25) is 11.8 Å². The van der Waals surface area contributed by atoms with Crippen LogP contribution in [0.1, 0.15) is 38.5 Å². The van der Waals surface area contributed by atoms with Crippen molar-refractivity contribution in [3.63, 3.8) is 0 Å². The van der Waals surface area contributed by atoms with Gasteiger partial charge in [0.25, 0.3) is 0 Å². The number of pyridine rings is 1. The molecule has 1 fully saturated rings. The van der Waals surface area contributed by atoms with E-state index in [0.29, 0.717) is 49.6 Å². The number of amides is 2. The Labute approximate surface area is 163 Å². The number of rotatable bonds is 7. The van der Waals surface area contributed by atoms with Crippen LogP contribution in [0.15, 0.2) is 28.6 Å². The molecule has 1 aromatic rings. The van der Waals surface area contributed by atoms with Gasteiger partial charge in [0.15, 0.2) is 5.66 Å². The zero-order valence-corrected chi connectivity index (χ0v) is 15.8. The Balaban J connectivity index is 1.48. The van der Waals surface area contributed by atoms with Crippen molar-refractivity contribution in [2.24, 2.45) is 16.1 Å². The summed E-state index contributed by atoms with van der Waals surface area (Å²) in [5, 5.41) is 11.4. The largest absolute Gasteiger partial charge is 0.342 e. The van der Waals surface area contributed by atoms with Gasteiger partial charge in [-0.15, -0.1) is 12.3 Å². The molecule has 27 heavy (non-hydrogen) atoms. The van der Waals surface area contributed by atoms with Crippen molar-refractivity contribution in [1.82, 2.24) is 9.88 Å². The molecule has 2 aliphatic heterocycles. The summed E-state index contributed by atoms with van der Waals surface area (Å²) in [4.78, 5) is 30.9. The summed E-state index contributed by atoms with van der Waals surface area (Å²) < 4.78 is 0. The number of hydrogen-bond acceptors (Lipinski definition) is 5. The molecule has 8 heteroatoms. The molecule has 1 N–H and O–H groups in total. The van der Waals surface area contributed by atoms with E-state index in [0.717, 1.165) is 12.8 Å². The first-order chi connectivity index (χ1) is 13.0. The van der Waals surface area contributed by atoms with Crippen LogP contribution in [-0.4, -0.2) is 40.5 Å². The second-order valence-corrected chi connectivity index (χ2v) is 7.35. The molecule has 1 unspecified atom stereocenters. The standard InChI is InChI=1S/C19H22ClN5O2/c1-2-3-9-19(23-24-19)10-8-17(26)25-11-4-5-14(13-25)18(27)22-16-7-6-15(20)12-21-16/h1,6-7,12,14H,3-5,8-11,13H2,(H,21,22,27). The monoisotopic (exact) mass is 387 g/mol. The molecule has 0 spiro atoms. The van der Waals surface area contributed by atoms with Crippen LogP contribution in [0.3, 0.4) is 0 Å². The molecule has 0 saturated carbocycles. The van der Waals surface area contributed by atoms with Gasteiger partial charge in [0, 0.05) is 45.0 Å². The lowest BCUT2D eigenvalue weighted by molar-refractivity contribution is -0.134. The molecule has 2 aliphatic rings. The fourth-order valence-electron chi connectivity index (χ4n) is 3.23. The van der Waals surface area contributed by atoms with E-state index >= 15 is 0 Å². The van der Waals surface area contributed by atoms with Crippen molar-refractivity contribution in [3.05, 3.63) is 23.4 Å². The number of carbonyl (C=O) groups excluding carboxylic acids is 2. The van der Waals surface area contributed by atoms with E-state index in [4.69, 9.17) is 18.0 Å². The van der Waals surface area contributed by atoms with Crippen LogP contribution in [0, 0.1) is 18.3 Å². The Bertz CT molecular complexity index is 765. The molecular formula is C19H22ClN5O2. The SMILES string of the molecule is C#CCCC1(CCC(=O)N2CCCC(C(=O)Nc3ccc(Cl)cn3)C2)N=N1. The second-order valence-electron chi connectivity index (χ2n) is 6.92. The van der Waals surface area contributed by atoms with Crippen LogP contribution in [0.4, 0.5) is 5.82 Å². The van der Waals surface area contributed by atoms with Crippen LogP contribution in [0.2, 0.25) is 5.02 Å². The number of anilines is 1. The number of nitrogens with one attached hydrogen (secondary N) is 1. The predicted molar refractivity (Wildman–Crippen MR) is 102 cm³/mol. The maximum atomic E-state index is 12.6. The average molecular weight is 388 g/mol. The van der Waals surface area contributed by atoms with Gasteiger partial charge in [-0.05, 0) is 25.0 Å². The van der Waals surface area contributed by atoms with E-state index in [2.05, 4.69) is 26.4 Å². The molecule has 3 rings (SSSR count). The maximum absolute atomic E-state index is 12.6. The van der Waals surface area contributed by atoms with Crippen LogP contribution >= 0.6 is 11.6 Å². The topological polar surface area (TPSA) is 87.0 Å². The first-order valence-corrected chi connectivity index (χ1v) is 9.47. The van der Waals surface area contributed by atoms with Crippen molar-refractivity contribution in [3.8, 4) is 12.3 Å².